The number of nitrogens with two attached hydrogens (primary N) is 1. The fourth-order valence-corrected chi connectivity index (χ4v) is 2.82. The molecule has 1 heterocycles. The van der Waals surface area contributed by atoms with Gasteiger partial charge in [0, 0.05) is 12.0 Å². The van der Waals surface area contributed by atoms with Gasteiger partial charge in [-0.05, 0) is 12.0 Å². The number of nitrogens with zero attached hydrogens (tertiary/aromatic N) is 1. The molecule has 6 nitrogen and oxygen atoms in total. The van der Waals surface area contributed by atoms with Crippen LogP contribution in [0.15, 0.2) is 30.3 Å². The highest BCUT2D eigenvalue weighted by Crippen LogP contribution is 2.42. The van der Waals surface area contributed by atoms with Crippen molar-refractivity contribution in [1.29, 1.82) is 0 Å². The van der Waals surface area contributed by atoms with Crippen LogP contribution >= 0.6 is 0 Å². The predicted molar refractivity (Wildman–Crippen MR) is 84.3 cm³/mol. The van der Waals surface area contributed by atoms with E-state index in [0.717, 1.165) is 5.56 Å². The van der Waals surface area contributed by atoms with E-state index < -0.39 is 23.0 Å². The standard InChI is InChI=1S/C17H22N2O4/c1-16(2,3)17(23-15(18)22)11-13(20)19(14(17)21)10-9-12-7-5-4-6-8-12/h4-8H,9-11H2,1-3H3,(H2,18,22). The van der Waals surface area contributed by atoms with Gasteiger partial charge in [0.05, 0.1) is 6.42 Å². The van der Waals surface area contributed by atoms with Gasteiger partial charge in [-0.3, -0.25) is 14.5 Å². The Balaban J connectivity index is 2.22. The van der Waals surface area contributed by atoms with Crippen LogP contribution < -0.4 is 5.73 Å². The number of amides is 3. The Labute approximate surface area is 135 Å². The van der Waals surface area contributed by atoms with Gasteiger partial charge in [0.2, 0.25) is 11.5 Å². The molecule has 124 valence electrons. The van der Waals surface area contributed by atoms with Crippen LogP contribution in [0.5, 0.6) is 0 Å². The van der Waals surface area contributed by atoms with Crippen LogP contribution in [0.4, 0.5) is 4.79 Å². The lowest BCUT2D eigenvalue weighted by molar-refractivity contribution is -0.154. The maximum absolute atomic E-state index is 12.8. The van der Waals surface area contributed by atoms with Crippen molar-refractivity contribution in [1.82, 2.24) is 4.90 Å². The van der Waals surface area contributed by atoms with Crippen LogP contribution in [0.1, 0.15) is 32.8 Å². The summed E-state index contributed by atoms with van der Waals surface area (Å²) < 4.78 is 5.16. The summed E-state index contributed by atoms with van der Waals surface area (Å²) in [5.74, 6) is -0.841. The average molecular weight is 318 g/mol. The summed E-state index contributed by atoms with van der Waals surface area (Å²) in [6.45, 7) is 5.51. The second-order valence-corrected chi connectivity index (χ2v) is 6.76. The molecular formula is C17H22N2O4. The second-order valence-electron chi connectivity index (χ2n) is 6.76. The third-order valence-corrected chi connectivity index (χ3v) is 4.25. The zero-order valence-electron chi connectivity index (χ0n) is 13.7. The summed E-state index contributed by atoms with van der Waals surface area (Å²) in [7, 11) is 0. The van der Waals surface area contributed by atoms with E-state index in [1.807, 2.05) is 30.3 Å². The van der Waals surface area contributed by atoms with E-state index in [-0.39, 0.29) is 18.9 Å². The molecule has 1 aromatic rings. The number of carbonyl (C=O) groups is 3. The van der Waals surface area contributed by atoms with Gasteiger partial charge in [0.1, 0.15) is 0 Å². The number of primary amides is 1. The molecule has 1 aromatic carbocycles. The van der Waals surface area contributed by atoms with Gasteiger partial charge in [-0.15, -0.1) is 0 Å². The molecule has 0 bridgehead atoms. The first-order valence-corrected chi connectivity index (χ1v) is 7.54. The smallest absolute Gasteiger partial charge is 0.405 e. The summed E-state index contributed by atoms with van der Waals surface area (Å²) in [6, 6.07) is 9.57. The van der Waals surface area contributed by atoms with Crippen LogP contribution in [0.2, 0.25) is 0 Å². The van der Waals surface area contributed by atoms with Crippen LogP contribution in [-0.2, 0) is 20.7 Å². The Kier molecular flexibility index (Phi) is 4.45. The molecule has 0 saturated carbocycles. The molecule has 0 aromatic heterocycles. The summed E-state index contributed by atoms with van der Waals surface area (Å²) >= 11 is 0. The molecular weight excluding hydrogens is 296 g/mol. The minimum absolute atomic E-state index is 0.174. The SMILES string of the molecule is CC(C)(C)C1(OC(N)=O)CC(=O)N(CCc2ccccc2)C1=O. The third-order valence-electron chi connectivity index (χ3n) is 4.25. The molecule has 0 spiro atoms. The average Bonchev–Trinajstić information content (AvgIpc) is 2.69. The molecule has 0 aliphatic carbocycles. The van der Waals surface area contributed by atoms with Crippen LogP contribution in [0.3, 0.4) is 0 Å². The van der Waals surface area contributed by atoms with E-state index in [0.29, 0.717) is 6.42 Å². The van der Waals surface area contributed by atoms with Gasteiger partial charge in [-0.25, -0.2) is 4.79 Å². The highest BCUT2D eigenvalue weighted by Gasteiger charge is 2.61. The summed E-state index contributed by atoms with van der Waals surface area (Å²) in [5, 5.41) is 0. The Bertz CT molecular complexity index is 621. The Morgan fingerprint density at radius 2 is 1.87 bits per heavy atom. The van der Waals surface area contributed by atoms with Crippen molar-refractivity contribution in [3.05, 3.63) is 35.9 Å². The second kappa shape index (κ2) is 6.02. The molecule has 1 atom stereocenters. The van der Waals surface area contributed by atoms with Crippen molar-refractivity contribution in [2.45, 2.75) is 39.2 Å². The zero-order valence-corrected chi connectivity index (χ0v) is 13.7. The van der Waals surface area contributed by atoms with Crippen molar-refractivity contribution < 1.29 is 19.1 Å². The number of rotatable bonds is 4. The van der Waals surface area contributed by atoms with Gasteiger partial charge in [-0.1, -0.05) is 51.1 Å². The topological polar surface area (TPSA) is 89.7 Å². The van der Waals surface area contributed by atoms with Gasteiger partial charge < -0.3 is 10.5 Å². The minimum atomic E-state index is -1.54. The van der Waals surface area contributed by atoms with Crippen LogP contribution in [0.25, 0.3) is 0 Å². The first-order chi connectivity index (χ1) is 10.7. The van der Waals surface area contributed by atoms with Gasteiger partial charge in [0.15, 0.2) is 0 Å². The number of carbonyl (C=O) groups excluding carboxylic acids is 3. The van der Waals surface area contributed by atoms with Crippen molar-refractivity contribution >= 4 is 17.9 Å². The molecule has 1 fully saturated rings. The number of likely N-dealkylation sites (tertiary alicyclic amines) is 1. The van der Waals surface area contributed by atoms with E-state index in [9.17, 15) is 14.4 Å². The number of imide groups is 1. The Morgan fingerprint density at radius 1 is 1.26 bits per heavy atom. The lowest BCUT2D eigenvalue weighted by Gasteiger charge is -2.37. The largest absolute Gasteiger partial charge is 0.432 e. The lowest BCUT2D eigenvalue weighted by atomic mass is 9.75. The first kappa shape index (κ1) is 17.0. The fraction of sp³-hybridized carbons (Fsp3) is 0.471. The molecule has 6 heteroatoms. The summed E-state index contributed by atoms with van der Waals surface area (Å²) in [5.41, 5.74) is 3.88. The first-order valence-electron chi connectivity index (χ1n) is 7.54. The monoisotopic (exact) mass is 318 g/mol. The van der Waals surface area contributed by atoms with Crippen molar-refractivity contribution in [2.75, 3.05) is 6.54 Å². The molecule has 2 N–H and O–H groups in total. The molecule has 1 aliphatic heterocycles. The molecule has 1 unspecified atom stereocenters. The highest BCUT2D eigenvalue weighted by atomic mass is 16.6. The van der Waals surface area contributed by atoms with E-state index >= 15 is 0 Å². The molecule has 3 amide bonds. The van der Waals surface area contributed by atoms with E-state index in [4.69, 9.17) is 10.5 Å². The number of hydrogen-bond donors (Lipinski definition) is 1. The molecule has 2 rings (SSSR count). The molecule has 1 aliphatic rings. The van der Waals surface area contributed by atoms with E-state index in [1.54, 1.807) is 20.8 Å². The number of hydrogen-bond acceptors (Lipinski definition) is 4. The fourth-order valence-electron chi connectivity index (χ4n) is 2.82. The van der Waals surface area contributed by atoms with Gasteiger partial charge in [0.25, 0.3) is 5.91 Å². The van der Waals surface area contributed by atoms with Crippen LogP contribution in [0, 0.1) is 5.41 Å². The molecule has 23 heavy (non-hydrogen) atoms. The number of ether oxygens (including phenoxy) is 1. The van der Waals surface area contributed by atoms with Crippen molar-refractivity contribution in [3.8, 4) is 0 Å². The normalized spacial score (nSPS) is 21.6. The maximum Gasteiger partial charge on any atom is 0.405 e. The van der Waals surface area contributed by atoms with Gasteiger partial charge in [-0.2, -0.15) is 0 Å². The Hall–Kier alpha value is -2.37. The third kappa shape index (κ3) is 3.21. The zero-order chi connectivity index (χ0) is 17.3. The molecule has 1 saturated heterocycles. The van der Waals surface area contributed by atoms with E-state index in [2.05, 4.69) is 0 Å². The lowest BCUT2D eigenvalue weighted by Crippen LogP contribution is -2.54. The minimum Gasteiger partial charge on any atom is -0.432 e. The molecule has 0 radical (unpaired) electrons. The van der Waals surface area contributed by atoms with Crippen molar-refractivity contribution in [3.63, 3.8) is 0 Å². The van der Waals surface area contributed by atoms with Crippen LogP contribution in [-0.4, -0.2) is 35.0 Å². The quantitative estimate of drug-likeness (QED) is 0.858. The van der Waals surface area contributed by atoms with Crippen molar-refractivity contribution in [2.24, 2.45) is 11.1 Å². The summed E-state index contributed by atoms with van der Waals surface area (Å²) in [6.07, 6.45) is -0.673. The maximum atomic E-state index is 12.8. The van der Waals surface area contributed by atoms with Gasteiger partial charge >= 0.3 is 6.09 Å². The Morgan fingerprint density at radius 3 is 2.39 bits per heavy atom. The number of benzene rings is 1. The van der Waals surface area contributed by atoms with E-state index in [1.165, 1.54) is 4.90 Å². The predicted octanol–water partition coefficient (Wildman–Crippen LogP) is 1.87. The summed E-state index contributed by atoms with van der Waals surface area (Å²) in [4.78, 5) is 37.6. The highest BCUT2D eigenvalue weighted by molar-refractivity contribution is 6.09.